The van der Waals surface area contributed by atoms with Crippen LogP contribution < -0.4 is 4.74 Å². The van der Waals surface area contributed by atoms with Crippen molar-refractivity contribution in [3.63, 3.8) is 0 Å². The maximum atomic E-state index is 13.4. The third kappa shape index (κ3) is 2.86. The number of carbonyl (C=O) groups is 2. The van der Waals surface area contributed by atoms with E-state index in [-0.39, 0.29) is 29.7 Å². The van der Waals surface area contributed by atoms with Crippen molar-refractivity contribution in [1.82, 2.24) is 9.21 Å². The summed E-state index contributed by atoms with van der Waals surface area (Å²) in [7, 11) is -0.688. The van der Waals surface area contributed by atoms with Gasteiger partial charge >= 0.3 is 0 Å². The highest BCUT2D eigenvalue weighted by Crippen LogP contribution is 2.42. The molecule has 1 amide bonds. The summed E-state index contributed by atoms with van der Waals surface area (Å²) in [5.41, 5.74) is -0.325. The van der Waals surface area contributed by atoms with E-state index in [2.05, 4.69) is 0 Å². The fourth-order valence-corrected chi connectivity index (χ4v) is 5.84. The predicted octanol–water partition coefficient (Wildman–Crippen LogP) is 2.04. The van der Waals surface area contributed by atoms with Gasteiger partial charge in [0, 0.05) is 25.7 Å². The van der Waals surface area contributed by atoms with E-state index in [1.54, 1.807) is 50.4 Å². The molecule has 1 fully saturated rings. The SMILES string of the molecule is COc1ccc(S(=O)(=O)N2C[C@H]3N(C)C(=O)c4ccccc4C(=O)[C@@]3(C)C2)cc1. The van der Waals surface area contributed by atoms with Crippen LogP contribution in [-0.2, 0) is 10.0 Å². The Morgan fingerprint density at radius 3 is 2.28 bits per heavy atom. The third-order valence-corrected chi connectivity index (χ3v) is 7.85. The number of hydrogen-bond donors (Lipinski definition) is 0. The average Bonchev–Trinajstić information content (AvgIpc) is 3.09. The number of nitrogens with zero attached hydrogens (tertiary/aromatic N) is 2. The first-order valence-corrected chi connectivity index (χ1v) is 10.7. The van der Waals surface area contributed by atoms with Gasteiger partial charge in [-0.15, -0.1) is 0 Å². The Kier molecular flexibility index (Phi) is 4.51. The molecule has 2 aliphatic heterocycles. The van der Waals surface area contributed by atoms with Crippen LogP contribution in [0.5, 0.6) is 5.75 Å². The molecule has 2 aromatic carbocycles. The first kappa shape index (κ1) is 19.6. The molecule has 0 spiro atoms. The molecule has 0 aliphatic carbocycles. The van der Waals surface area contributed by atoms with Crippen LogP contribution >= 0.6 is 0 Å². The van der Waals surface area contributed by atoms with E-state index in [0.29, 0.717) is 16.9 Å². The van der Waals surface area contributed by atoms with Crippen molar-refractivity contribution < 1.29 is 22.7 Å². The topological polar surface area (TPSA) is 84.0 Å². The lowest BCUT2D eigenvalue weighted by Crippen LogP contribution is -2.48. The van der Waals surface area contributed by atoms with Gasteiger partial charge < -0.3 is 9.64 Å². The largest absolute Gasteiger partial charge is 0.497 e. The summed E-state index contributed by atoms with van der Waals surface area (Å²) in [4.78, 5) is 28.0. The number of likely N-dealkylation sites (N-methyl/N-ethyl adjacent to an activating group) is 1. The smallest absolute Gasteiger partial charge is 0.254 e. The molecule has 7 nitrogen and oxygen atoms in total. The number of Topliss-reactive ketones (excluding diaryl/α,β-unsaturated/α-hetero) is 1. The molecule has 2 aromatic rings. The highest BCUT2D eigenvalue weighted by Gasteiger charge is 2.56. The highest BCUT2D eigenvalue weighted by atomic mass is 32.2. The van der Waals surface area contributed by atoms with E-state index >= 15 is 0 Å². The summed E-state index contributed by atoms with van der Waals surface area (Å²) in [6.07, 6.45) is 0. The van der Waals surface area contributed by atoms with Crippen molar-refractivity contribution in [3.8, 4) is 5.75 Å². The van der Waals surface area contributed by atoms with Crippen LogP contribution in [0.4, 0.5) is 0 Å². The quantitative estimate of drug-likeness (QED) is 0.768. The lowest BCUT2D eigenvalue weighted by atomic mass is 9.78. The summed E-state index contributed by atoms with van der Waals surface area (Å²) < 4.78 is 32.8. The molecule has 2 atom stereocenters. The lowest BCUT2D eigenvalue weighted by molar-refractivity contribution is 0.0606. The number of sulfonamides is 1. The second kappa shape index (κ2) is 6.67. The number of hydrogen-bond acceptors (Lipinski definition) is 5. The molecule has 2 aliphatic rings. The number of rotatable bonds is 3. The van der Waals surface area contributed by atoms with Crippen LogP contribution in [0.2, 0.25) is 0 Å². The molecule has 4 rings (SSSR count). The van der Waals surface area contributed by atoms with Crippen molar-refractivity contribution in [2.45, 2.75) is 17.9 Å². The van der Waals surface area contributed by atoms with Crippen molar-refractivity contribution in [2.75, 3.05) is 27.2 Å². The molecule has 152 valence electrons. The minimum absolute atomic E-state index is 0.0107. The van der Waals surface area contributed by atoms with Crippen LogP contribution in [0, 0.1) is 5.41 Å². The van der Waals surface area contributed by atoms with Gasteiger partial charge in [-0.3, -0.25) is 9.59 Å². The molecule has 0 bridgehead atoms. The summed E-state index contributed by atoms with van der Waals surface area (Å²) >= 11 is 0. The molecule has 0 aromatic heterocycles. The fourth-order valence-electron chi connectivity index (χ4n) is 4.29. The summed E-state index contributed by atoms with van der Waals surface area (Å²) in [5, 5.41) is 0. The zero-order chi connectivity index (χ0) is 21.0. The van der Waals surface area contributed by atoms with E-state index in [1.165, 1.54) is 28.4 Å². The number of ether oxygens (including phenoxy) is 1. The fraction of sp³-hybridized carbons (Fsp3) is 0.333. The van der Waals surface area contributed by atoms with E-state index < -0.39 is 21.5 Å². The zero-order valence-corrected chi connectivity index (χ0v) is 17.3. The maximum absolute atomic E-state index is 13.4. The van der Waals surface area contributed by atoms with Crippen molar-refractivity contribution in [1.29, 1.82) is 0 Å². The van der Waals surface area contributed by atoms with Gasteiger partial charge in [-0.1, -0.05) is 18.2 Å². The Balaban J connectivity index is 1.75. The standard InChI is InChI=1S/C21H22N2O5S/c1-21-13-23(29(26,27)15-10-8-14(28-3)9-11-15)12-18(21)22(2)20(25)17-7-5-4-6-16(17)19(21)24/h4-11,18H,12-13H2,1-3H3/t18-,21+/m1/s1. The number of amides is 1. The van der Waals surface area contributed by atoms with E-state index in [1.807, 2.05) is 0 Å². The Hall–Kier alpha value is -2.71. The molecular weight excluding hydrogens is 392 g/mol. The van der Waals surface area contributed by atoms with Crippen LogP contribution in [0.15, 0.2) is 53.4 Å². The van der Waals surface area contributed by atoms with Crippen molar-refractivity contribution in [2.24, 2.45) is 5.41 Å². The van der Waals surface area contributed by atoms with Crippen LogP contribution in [0.3, 0.4) is 0 Å². The van der Waals surface area contributed by atoms with Gasteiger partial charge in [0.2, 0.25) is 10.0 Å². The van der Waals surface area contributed by atoms with Gasteiger partial charge in [0.05, 0.1) is 29.0 Å². The maximum Gasteiger partial charge on any atom is 0.254 e. The Labute approximate surface area is 169 Å². The van der Waals surface area contributed by atoms with E-state index in [0.717, 1.165) is 0 Å². The molecule has 8 heteroatoms. The molecule has 2 heterocycles. The number of methoxy groups -OCH3 is 1. The molecular formula is C21H22N2O5S. The van der Waals surface area contributed by atoms with Crippen LogP contribution in [0.25, 0.3) is 0 Å². The Morgan fingerprint density at radius 1 is 1.03 bits per heavy atom. The molecule has 0 unspecified atom stereocenters. The average molecular weight is 414 g/mol. The van der Waals surface area contributed by atoms with Crippen LogP contribution in [-0.4, -0.2) is 62.6 Å². The second-order valence-corrected chi connectivity index (χ2v) is 9.64. The monoisotopic (exact) mass is 414 g/mol. The Morgan fingerprint density at radius 2 is 1.66 bits per heavy atom. The molecule has 1 saturated heterocycles. The minimum Gasteiger partial charge on any atom is -0.497 e. The van der Waals surface area contributed by atoms with Crippen molar-refractivity contribution in [3.05, 3.63) is 59.7 Å². The van der Waals surface area contributed by atoms with Gasteiger partial charge in [0.15, 0.2) is 5.78 Å². The molecule has 0 saturated carbocycles. The van der Waals surface area contributed by atoms with E-state index in [4.69, 9.17) is 4.74 Å². The van der Waals surface area contributed by atoms with Gasteiger partial charge in [0.1, 0.15) is 5.75 Å². The molecule has 0 N–H and O–H groups in total. The van der Waals surface area contributed by atoms with Gasteiger partial charge in [0.25, 0.3) is 5.91 Å². The second-order valence-electron chi connectivity index (χ2n) is 7.70. The minimum atomic E-state index is -3.83. The highest BCUT2D eigenvalue weighted by molar-refractivity contribution is 7.89. The normalized spacial score (nSPS) is 24.8. The third-order valence-electron chi connectivity index (χ3n) is 6.02. The summed E-state index contributed by atoms with van der Waals surface area (Å²) in [5.74, 6) is 0.0780. The summed E-state index contributed by atoms with van der Waals surface area (Å²) in [6.45, 7) is 1.82. The first-order valence-electron chi connectivity index (χ1n) is 9.25. The van der Waals surface area contributed by atoms with E-state index in [9.17, 15) is 18.0 Å². The zero-order valence-electron chi connectivity index (χ0n) is 16.5. The number of carbonyl (C=O) groups excluding carboxylic acids is 2. The van der Waals surface area contributed by atoms with Crippen LogP contribution in [0.1, 0.15) is 27.6 Å². The first-order chi connectivity index (χ1) is 13.7. The van der Waals surface area contributed by atoms with Gasteiger partial charge in [-0.05, 0) is 37.3 Å². The van der Waals surface area contributed by atoms with Gasteiger partial charge in [-0.25, -0.2) is 8.42 Å². The Bertz CT molecular complexity index is 1100. The number of benzene rings is 2. The van der Waals surface area contributed by atoms with Crippen molar-refractivity contribution >= 4 is 21.7 Å². The number of fused-ring (bicyclic) bond motifs is 2. The van der Waals surface area contributed by atoms with Gasteiger partial charge in [-0.2, -0.15) is 4.31 Å². The summed E-state index contributed by atoms with van der Waals surface area (Å²) in [6, 6.07) is 12.3. The lowest BCUT2D eigenvalue weighted by Gasteiger charge is -2.32. The number of ketones is 1. The molecule has 0 radical (unpaired) electrons. The predicted molar refractivity (Wildman–Crippen MR) is 107 cm³/mol. The molecule has 29 heavy (non-hydrogen) atoms.